The van der Waals surface area contributed by atoms with Crippen molar-refractivity contribution in [2.45, 2.75) is 32.2 Å². The van der Waals surface area contributed by atoms with E-state index < -0.39 is 36.9 Å². The number of methoxy groups -OCH3 is 1. The Morgan fingerprint density at radius 3 is 2.54 bits per heavy atom. The lowest BCUT2D eigenvalue weighted by Crippen LogP contribution is -2.56. The van der Waals surface area contributed by atoms with Crippen molar-refractivity contribution in [3.8, 4) is 5.88 Å². The van der Waals surface area contributed by atoms with E-state index in [4.69, 9.17) is 15.2 Å². The van der Waals surface area contributed by atoms with Gasteiger partial charge in [0.15, 0.2) is 0 Å². The Labute approximate surface area is 162 Å². The van der Waals surface area contributed by atoms with Crippen molar-refractivity contribution in [2.24, 2.45) is 11.7 Å². The van der Waals surface area contributed by atoms with E-state index in [-0.39, 0.29) is 30.7 Å². The molecule has 1 saturated heterocycles. The van der Waals surface area contributed by atoms with Crippen LogP contribution in [0.15, 0.2) is 12.1 Å². The van der Waals surface area contributed by atoms with Crippen LogP contribution in [0, 0.1) is 5.92 Å². The molecule has 3 N–H and O–H groups in total. The van der Waals surface area contributed by atoms with Crippen LogP contribution in [0.5, 0.6) is 5.88 Å². The van der Waals surface area contributed by atoms with Crippen molar-refractivity contribution in [1.82, 2.24) is 10.3 Å². The van der Waals surface area contributed by atoms with E-state index in [2.05, 4.69) is 10.3 Å². The van der Waals surface area contributed by atoms with Crippen LogP contribution in [0.1, 0.15) is 30.8 Å². The number of rotatable bonds is 10. The highest BCUT2D eigenvalue weighted by Gasteiger charge is 2.45. The van der Waals surface area contributed by atoms with Gasteiger partial charge in [0.05, 0.1) is 19.7 Å². The van der Waals surface area contributed by atoms with Crippen molar-refractivity contribution >= 4 is 17.5 Å². The van der Waals surface area contributed by atoms with Crippen molar-refractivity contribution in [3.05, 3.63) is 17.8 Å². The summed E-state index contributed by atoms with van der Waals surface area (Å²) in [6, 6.07) is 2.07. The number of aromatic nitrogens is 1. The highest BCUT2D eigenvalue weighted by Crippen LogP contribution is 2.36. The Morgan fingerprint density at radius 1 is 1.32 bits per heavy atom. The van der Waals surface area contributed by atoms with E-state index in [9.17, 15) is 18.4 Å². The number of alkyl halides is 2. The second kappa shape index (κ2) is 9.13. The van der Waals surface area contributed by atoms with Crippen molar-refractivity contribution in [3.63, 3.8) is 0 Å². The highest BCUT2D eigenvalue weighted by atomic mass is 19.3. The molecule has 0 radical (unpaired) electrons. The molecule has 1 atom stereocenters. The number of hydrogen-bond donors (Lipinski definition) is 2. The van der Waals surface area contributed by atoms with Gasteiger partial charge in [-0.05, 0) is 24.5 Å². The van der Waals surface area contributed by atoms with Gasteiger partial charge >= 0.3 is 0 Å². The molecule has 2 rings (SSSR count). The van der Waals surface area contributed by atoms with Crippen LogP contribution in [-0.4, -0.2) is 62.2 Å². The molecule has 2 amide bonds. The van der Waals surface area contributed by atoms with E-state index in [1.165, 1.54) is 24.1 Å². The summed E-state index contributed by atoms with van der Waals surface area (Å²) in [6.07, 6.45) is 0.388. The number of pyridine rings is 1. The molecule has 0 spiro atoms. The van der Waals surface area contributed by atoms with Gasteiger partial charge < -0.3 is 25.4 Å². The molecular formula is C18H26F2N4O4. The normalized spacial score (nSPS) is 16.4. The van der Waals surface area contributed by atoms with Crippen LogP contribution in [0.3, 0.4) is 0 Å². The number of carbonyl (C=O) groups excluding carboxylic acids is 2. The molecule has 1 aliphatic heterocycles. The minimum atomic E-state index is -2.76. The highest BCUT2D eigenvalue weighted by molar-refractivity contribution is 5.96. The standard InChI is InChI=1S/C18H26F2N4O4/c1-11(2)8-13(15(21)25)22-16(26)12-4-5-14(24-9-18(19,20)10-24)17(23-12)28-7-6-27-3/h4-5,11,13H,6-10H2,1-3H3,(H2,21,25)(H,22,26)/t13-/m0/s1. The zero-order chi connectivity index (χ0) is 20.9. The van der Waals surface area contributed by atoms with Crippen LogP contribution in [-0.2, 0) is 9.53 Å². The number of hydrogen-bond acceptors (Lipinski definition) is 6. The Hall–Kier alpha value is -2.49. The molecule has 1 aliphatic rings. The van der Waals surface area contributed by atoms with Crippen LogP contribution in [0.25, 0.3) is 0 Å². The van der Waals surface area contributed by atoms with Gasteiger partial charge in [0.25, 0.3) is 11.8 Å². The number of nitrogens with two attached hydrogens (primary N) is 1. The van der Waals surface area contributed by atoms with Crippen molar-refractivity contribution in [1.29, 1.82) is 0 Å². The number of anilines is 1. The Bertz CT molecular complexity index is 707. The third kappa shape index (κ3) is 5.75. The second-order valence-corrected chi connectivity index (χ2v) is 7.13. The predicted octanol–water partition coefficient (Wildman–Crippen LogP) is 1.19. The maximum Gasteiger partial charge on any atom is 0.282 e. The second-order valence-electron chi connectivity index (χ2n) is 7.13. The predicted molar refractivity (Wildman–Crippen MR) is 98.7 cm³/mol. The smallest absolute Gasteiger partial charge is 0.282 e. The fraction of sp³-hybridized carbons (Fsp3) is 0.611. The number of nitrogens with one attached hydrogen (secondary N) is 1. The summed E-state index contributed by atoms with van der Waals surface area (Å²) in [5.74, 6) is -3.79. The van der Waals surface area contributed by atoms with Gasteiger partial charge in [0.1, 0.15) is 24.0 Å². The summed E-state index contributed by atoms with van der Waals surface area (Å²) in [7, 11) is 1.50. The summed E-state index contributed by atoms with van der Waals surface area (Å²) in [5.41, 5.74) is 5.71. The van der Waals surface area contributed by atoms with E-state index >= 15 is 0 Å². The average molecular weight is 400 g/mol. The lowest BCUT2D eigenvalue weighted by Gasteiger charge is -2.40. The molecule has 156 valence electrons. The third-order valence-corrected chi connectivity index (χ3v) is 4.14. The van der Waals surface area contributed by atoms with Gasteiger partial charge in [-0.3, -0.25) is 9.59 Å². The van der Waals surface area contributed by atoms with Gasteiger partial charge in [-0.15, -0.1) is 0 Å². The minimum Gasteiger partial charge on any atom is -0.474 e. The van der Waals surface area contributed by atoms with E-state index in [0.29, 0.717) is 12.1 Å². The topological polar surface area (TPSA) is 107 Å². The number of ether oxygens (including phenoxy) is 2. The molecule has 10 heteroatoms. The maximum absolute atomic E-state index is 13.2. The van der Waals surface area contributed by atoms with E-state index in [1.54, 1.807) is 0 Å². The zero-order valence-electron chi connectivity index (χ0n) is 16.2. The average Bonchev–Trinajstić information content (AvgIpc) is 2.58. The summed E-state index contributed by atoms with van der Waals surface area (Å²) in [4.78, 5) is 29.6. The lowest BCUT2D eigenvalue weighted by atomic mass is 10.0. The molecule has 0 saturated carbocycles. The van der Waals surface area contributed by atoms with Gasteiger partial charge in [-0.2, -0.15) is 0 Å². The molecule has 8 nitrogen and oxygen atoms in total. The molecule has 2 heterocycles. The summed E-state index contributed by atoms with van der Waals surface area (Å²) in [6.45, 7) is 3.33. The molecule has 0 bridgehead atoms. The molecule has 1 aromatic heterocycles. The Morgan fingerprint density at radius 2 is 2.00 bits per heavy atom. The molecule has 1 fully saturated rings. The summed E-state index contributed by atoms with van der Waals surface area (Å²) >= 11 is 0. The Kier molecular flexibility index (Phi) is 7.11. The number of halogens is 2. The molecule has 1 aromatic rings. The van der Waals surface area contributed by atoms with E-state index in [1.807, 2.05) is 13.8 Å². The first-order valence-electron chi connectivity index (χ1n) is 8.98. The van der Waals surface area contributed by atoms with Crippen LogP contribution in [0.4, 0.5) is 14.5 Å². The fourth-order valence-electron chi connectivity index (χ4n) is 2.76. The third-order valence-electron chi connectivity index (χ3n) is 4.14. The van der Waals surface area contributed by atoms with Crippen LogP contribution in [0.2, 0.25) is 0 Å². The zero-order valence-corrected chi connectivity index (χ0v) is 16.2. The summed E-state index contributed by atoms with van der Waals surface area (Å²) in [5, 5.41) is 2.56. The van der Waals surface area contributed by atoms with Crippen molar-refractivity contribution in [2.75, 3.05) is 38.3 Å². The lowest BCUT2D eigenvalue weighted by molar-refractivity contribution is -0.120. The quantitative estimate of drug-likeness (QED) is 0.572. The number of carbonyl (C=O) groups is 2. The molecule has 0 aromatic carbocycles. The summed E-state index contributed by atoms with van der Waals surface area (Å²) < 4.78 is 36.9. The monoisotopic (exact) mass is 400 g/mol. The van der Waals surface area contributed by atoms with Gasteiger partial charge in [-0.1, -0.05) is 13.8 Å². The van der Waals surface area contributed by atoms with Gasteiger partial charge in [0, 0.05) is 7.11 Å². The van der Waals surface area contributed by atoms with Crippen LogP contribution < -0.4 is 20.7 Å². The molecule has 28 heavy (non-hydrogen) atoms. The molecule has 0 aliphatic carbocycles. The van der Waals surface area contributed by atoms with E-state index in [0.717, 1.165) is 0 Å². The van der Waals surface area contributed by atoms with Gasteiger partial charge in [-0.25, -0.2) is 13.8 Å². The number of nitrogens with zero attached hydrogens (tertiary/aromatic N) is 2. The van der Waals surface area contributed by atoms with Gasteiger partial charge in [0.2, 0.25) is 11.8 Å². The van der Waals surface area contributed by atoms with Crippen molar-refractivity contribution < 1.29 is 27.8 Å². The Balaban J connectivity index is 2.18. The maximum atomic E-state index is 13.2. The van der Waals surface area contributed by atoms with Crippen LogP contribution >= 0.6 is 0 Å². The number of amides is 2. The first-order chi connectivity index (χ1) is 13.1. The molecule has 0 unspecified atom stereocenters. The first-order valence-corrected chi connectivity index (χ1v) is 8.98. The fourth-order valence-corrected chi connectivity index (χ4v) is 2.76. The SMILES string of the molecule is COCCOc1nc(C(=O)N[C@@H](CC(C)C)C(N)=O)ccc1N1CC(F)(F)C1. The minimum absolute atomic E-state index is 0.00143. The molecular weight excluding hydrogens is 374 g/mol. The largest absolute Gasteiger partial charge is 0.474 e. The first kappa shape index (κ1) is 21.8. The number of primary amides is 1.